The number of benzene rings is 1. The maximum atomic E-state index is 5.36. The van der Waals surface area contributed by atoms with E-state index in [1.165, 1.54) is 5.56 Å². The molecule has 0 radical (unpaired) electrons. The molecule has 1 atom stereocenters. The third-order valence-electron chi connectivity index (χ3n) is 3.17. The SMILES string of the molecule is CCn1cc(NC(=S)NC(C)c2ccccc2)c(C)n1. The van der Waals surface area contributed by atoms with E-state index in [1.807, 2.05) is 36.0 Å². The van der Waals surface area contributed by atoms with Crippen LogP contribution < -0.4 is 10.6 Å². The summed E-state index contributed by atoms with van der Waals surface area (Å²) in [4.78, 5) is 0. The van der Waals surface area contributed by atoms with Crippen molar-refractivity contribution in [1.29, 1.82) is 0 Å². The molecular weight excluding hydrogens is 268 g/mol. The smallest absolute Gasteiger partial charge is 0.171 e. The first-order chi connectivity index (χ1) is 9.60. The van der Waals surface area contributed by atoms with Crippen molar-refractivity contribution in [3.05, 3.63) is 47.8 Å². The van der Waals surface area contributed by atoms with E-state index < -0.39 is 0 Å². The van der Waals surface area contributed by atoms with Gasteiger partial charge in [0.15, 0.2) is 5.11 Å². The lowest BCUT2D eigenvalue weighted by atomic mass is 10.1. The van der Waals surface area contributed by atoms with Crippen molar-refractivity contribution in [2.45, 2.75) is 33.4 Å². The summed E-state index contributed by atoms with van der Waals surface area (Å²) in [5.41, 5.74) is 3.10. The van der Waals surface area contributed by atoms with Crippen molar-refractivity contribution < 1.29 is 0 Å². The average molecular weight is 288 g/mol. The van der Waals surface area contributed by atoms with Crippen LogP contribution >= 0.6 is 12.2 Å². The second-order valence-corrected chi connectivity index (χ2v) is 5.12. The molecule has 0 amide bonds. The summed E-state index contributed by atoms with van der Waals surface area (Å²) in [6, 6.07) is 10.4. The molecule has 0 spiro atoms. The van der Waals surface area contributed by atoms with E-state index in [0.29, 0.717) is 5.11 Å². The van der Waals surface area contributed by atoms with Crippen LogP contribution in [-0.4, -0.2) is 14.9 Å². The molecule has 1 aromatic carbocycles. The Balaban J connectivity index is 1.97. The van der Waals surface area contributed by atoms with Gasteiger partial charge >= 0.3 is 0 Å². The molecule has 0 aliphatic heterocycles. The Morgan fingerprint density at radius 2 is 2.05 bits per heavy atom. The van der Waals surface area contributed by atoms with Crippen LogP contribution in [0.4, 0.5) is 5.69 Å². The number of aryl methyl sites for hydroxylation is 2. The van der Waals surface area contributed by atoms with E-state index in [4.69, 9.17) is 12.2 Å². The van der Waals surface area contributed by atoms with E-state index in [9.17, 15) is 0 Å². The second-order valence-electron chi connectivity index (χ2n) is 4.71. The van der Waals surface area contributed by atoms with Crippen LogP contribution in [0.2, 0.25) is 0 Å². The van der Waals surface area contributed by atoms with E-state index >= 15 is 0 Å². The fourth-order valence-corrected chi connectivity index (χ4v) is 2.27. The summed E-state index contributed by atoms with van der Waals surface area (Å²) >= 11 is 5.36. The highest BCUT2D eigenvalue weighted by Gasteiger charge is 2.09. The molecule has 2 N–H and O–H groups in total. The van der Waals surface area contributed by atoms with Crippen molar-refractivity contribution in [3.63, 3.8) is 0 Å². The fraction of sp³-hybridized carbons (Fsp3) is 0.333. The minimum atomic E-state index is 0.165. The Morgan fingerprint density at radius 3 is 2.65 bits per heavy atom. The Labute approximate surface area is 125 Å². The van der Waals surface area contributed by atoms with Crippen LogP contribution in [0.1, 0.15) is 31.1 Å². The Morgan fingerprint density at radius 1 is 1.35 bits per heavy atom. The van der Waals surface area contributed by atoms with Gasteiger partial charge in [-0.05, 0) is 38.6 Å². The Bertz CT molecular complexity index is 577. The minimum absolute atomic E-state index is 0.165. The van der Waals surface area contributed by atoms with E-state index in [0.717, 1.165) is 17.9 Å². The zero-order valence-corrected chi connectivity index (χ0v) is 12.9. The molecule has 20 heavy (non-hydrogen) atoms. The topological polar surface area (TPSA) is 41.9 Å². The number of rotatable bonds is 4. The van der Waals surface area contributed by atoms with Gasteiger partial charge < -0.3 is 10.6 Å². The Kier molecular flexibility index (Phi) is 4.74. The highest BCUT2D eigenvalue weighted by Crippen LogP contribution is 2.14. The molecule has 1 aromatic heterocycles. The first kappa shape index (κ1) is 14.5. The maximum absolute atomic E-state index is 5.36. The first-order valence-electron chi connectivity index (χ1n) is 6.76. The third kappa shape index (κ3) is 3.57. The number of anilines is 1. The average Bonchev–Trinajstić information content (AvgIpc) is 2.80. The monoisotopic (exact) mass is 288 g/mol. The van der Waals surface area contributed by atoms with Crippen LogP contribution in [0.25, 0.3) is 0 Å². The highest BCUT2D eigenvalue weighted by atomic mass is 32.1. The van der Waals surface area contributed by atoms with Gasteiger partial charge in [-0.15, -0.1) is 0 Å². The number of thiocarbonyl (C=S) groups is 1. The molecule has 4 nitrogen and oxygen atoms in total. The summed E-state index contributed by atoms with van der Waals surface area (Å²) < 4.78 is 1.89. The van der Waals surface area contributed by atoms with Gasteiger partial charge in [0.2, 0.25) is 0 Å². The normalized spacial score (nSPS) is 11.9. The van der Waals surface area contributed by atoms with Gasteiger partial charge in [-0.3, -0.25) is 4.68 Å². The van der Waals surface area contributed by atoms with Crippen molar-refractivity contribution in [2.24, 2.45) is 0 Å². The molecule has 2 aromatic rings. The molecular formula is C15H20N4S. The van der Waals surface area contributed by atoms with Gasteiger partial charge in [-0.1, -0.05) is 30.3 Å². The van der Waals surface area contributed by atoms with Crippen LogP contribution in [0, 0.1) is 6.92 Å². The molecule has 0 aliphatic rings. The van der Waals surface area contributed by atoms with Gasteiger partial charge in [0, 0.05) is 12.7 Å². The molecule has 1 heterocycles. The van der Waals surface area contributed by atoms with Crippen molar-refractivity contribution in [3.8, 4) is 0 Å². The molecule has 5 heteroatoms. The maximum Gasteiger partial charge on any atom is 0.171 e. The predicted octanol–water partition coefficient (Wildman–Crippen LogP) is 3.26. The van der Waals surface area contributed by atoms with Crippen molar-refractivity contribution >= 4 is 23.0 Å². The molecule has 0 saturated carbocycles. The quantitative estimate of drug-likeness (QED) is 0.847. The van der Waals surface area contributed by atoms with E-state index in [2.05, 4.69) is 41.7 Å². The largest absolute Gasteiger partial charge is 0.356 e. The number of aromatic nitrogens is 2. The summed E-state index contributed by atoms with van der Waals surface area (Å²) in [5.74, 6) is 0. The predicted molar refractivity (Wildman–Crippen MR) is 86.9 cm³/mol. The Hall–Kier alpha value is -1.88. The molecule has 1 unspecified atom stereocenters. The summed E-state index contributed by atoms with van der Waals surface area (Å²) in [6.45, 7) is 6.97. The lowest BCUT2D eigenvalue weighted by molar-refractivity contribution is 0.653. The number of hydrogen-bond donors (Lipinski definition) is 2. The third-order valence-corrected chi connectivity index (χ3v) is 3.39. The molecule has 2 rings (SSSR count). The molecule has 106 valence electrons. The van der Waals surface area contributed by atoms with Gasteiger partial charge in [-0.25, -0.2) is 0 Å². The summed E-state index contributed by atoms with van der Waals surface area (Å²) in [6.07, 6.45) is 1.97. The fourth-order valence-electron chi connectivity index (χ4n) is 1.98. The first-order valence-corrected chi connectivity index (χ1v) is 7.17. The second kappa shape index (κ2) is 6.52. The lowest BCUT2D eigenvalue weighted by Crippen LogP contribution is -2.30. The highest BCUT2D eigenvalue weighted by molar-refractivity contribution is 7.80. The number of nitrogens with zero attached hydrogens (tertiary/aromatic N) is 2. The van der Waals surface area contributed by atoms with Gasteiger partial charge in [0.25, 0.3) is 0 Å². The molecule has 0 saturated heterocycles. The van der Waals surface area contributed by atoms with E-state index in [-0.39, 0.29) is 6.04 Å². The minimum Gasteiger partial charge on any atom is -0.356 e. The molecule has 0 aliphatic carbocycles. The number of hydrogen-bond acceptors (Lipinski definition) is 2. The van der Waals surface area contributed by atoms with Crippen molar-refractivity contribution in [1.82, 2.24) is 15.1 Å². The van der Waals surface area contributed by atoms with Crippen molar-refractivity contribution in [2.75, 3.05) is 5.32 Å². The van der Waals surface area contributed by atoms with Crippen LogP contribution in [0.15, 0.2) is 36.5 Å². The molecule has 0 bridgehead atoms. The molecule has 0 fully saturated rings. The van der Waals surface area contributed by atoms with Gasteiger partial charge in [0.05, 0.1) is 17.4 Å². The summed E-state index contributed by atoms with van der Waals surface area (Å²) in [5, 5.41) is 11.5. The number of nitrogens with one attached hydrogen (secondary N) is 2. The standard InChI is InChI=1S/C15H20N4S/c1-4-19-10-14(12(3)18-19)17-15(20)16-11(2)13-8-6-5-7-9-13/h5-11H,4H2,1-3H3,(H2,16,17,20). The van der Waals surface area contributed by atoms with Gasteiger partial charge in [-0.2, -0.15) is 5.10 Å². The van der Waals surface area contributed by atoms with Gasteiger partial charge in [0.1, 0.15) is 0 Å². The zero-order chi connectivity index (χ0) is 14.5. The summed E-state index contributed by atoms with van der Waals surface area (Å²) in [7, 11) is 0. The van der Waals surface area contributed by atoms with E-state index in [1.54, 1.807) is 0 Å². The van der Waals surface area contributed by atoms with Crippen LogP contribution in [-0.2, 0) is 6.54 Å². The van der Waals surface area contributed by atoms with Crippen LogP contribution in [0.5, 0.6) is 0 Å². The van der Waals surface area contributed by atoms with Crippen LogP contribution in [0.3, 0.4) is 0 Å². The zero-order valence-electron chi connectivity index (χ0n) is 12.1. The lowest BCUT2D eigenvalue weighted by Gasteiger charge is -2.17.